The van der Waals surface area contributed by atoms with Crippen molar-refractivity contribution in [3.8, 4) is 0 Å². The summed E-state index contributed by atoms with van der Waals surface area (Å²) in [6.07, 6.45) is 1.39. The van der Waals surface area contributed by atoms with E-state index in [1.54, 1.807) is 9.58 Å². The molecule has 3 rings (SSSR count). The maximum absolute atomic E-state index is 12.6. The molecule has 1 aromatic rings. The van der Waals surface area contributed by atoms with Crippen LogP contribution in [0, 0.1) is 5.92 Å². The van der Waals surface area contributed by atoms with Gasteiger partial charge in [0.05, 0.1) is 19.1 Å². The quantitative estimate of drug-likeness (QED) is 0.818. The lowest BCUT2D eigenvalue weighted by Crippen LogP contribution is -2.40. The van der Waals surface area contributed by atoms with Gasteiger partial charge in [-0.15, -0.1) is 0 Å². The van der Waals surface area contributed by atoms with Crippen LogP contribution in [-0.2, 0) is 29.0 Å². The summed E-state index contributed by atoms with van der Waals surface area (Å²) in [5, 5.41) is 13.7. The molecule has 24 heavy (non-hydrogen) atoms. The highest BCUT2D eigenvalue weighted by atomic mass is 16.5. The Hall–Kier alpha value is -1.93. The average molecular weight is 336 g/mol. The summed E-state index contributed by atoms with van der Waals surface area (Å²) in [6, 6.07) is 0. The predicted molar refractivity (Wildman–Crippen MR) is 85.8 cm³/mol. The Labute approximate surface area is 141 Å². The van der Waals surface area contributed by atoms with Gasteiger partial charge in [0.1, 0.15) is 0 Å². The fourth-order valence-electron chi connectivity index (χ4n) is 3.32. The molecule has 8 heteroatoms. The monoisotopic (exact) mass is 336 g/mol. The van der Waals surface area contributed by atoms with Crippen LogP contribution in [0.3, 0.4) is 0 Å². The minimum absolute atomic E-state index is 0.0653. The number of carboxylic acids is 1. The molecule has 1 fully saturated rings. The number of carbonyl (C=O) groups excluding carboxylic acids is 1. The number of nitrogens with zero attached hydrogens (tertiary/aromatic N) is 4. The molecule has 1 amide bonds. The summed E-state index contributed by atoms with van der Waals surface area (Å²) >= 11 is 0. The molecule has 0 bridgehead atoms. The lowest BCUT2D eigenvalue weighted by molar-refractivity contribution is -0.136. The van der Waals surface area contributed by atoms with Crippen LogP contribution in [0.25, 0.3) is 0 Å². The van der Waals surface area contributed by atoms with Gasteiger partial charge in [-0.1, -0.05) is 0 Å². The minimum Gasteiger partial charge on any atom is -0.476 e. The summed E-state index contributed by atoms with van der Waals surface area (Å²) in [5.74, 6) is -1.06. The molecule has 0 aliphatic carbocycles. The molecule has 0 saturated carbocycles. The molecule has 1 aromatic heterocycles. The van der Waals surface area contributed by atoms with Crippen molar-refractivity contribution in [2.75, 3.05) is 40.4 Å². The Kier molecular flexibility index (Phi) is 4.86. The Morgan fingerprint density at radius 3 is 2.83 bits per heavy atom. The van der Waals surface area contributed by atoms with E-state index in [-0.39, 0.29) is 17.5 Å². The summed E-state index contributed by atoms with van der Waals surface area (Å²) < 4.78 is 7.09. The second-order valence-electron chi connectivity index (χ2n) is 6.68. The van der Waals surface area contributed by atoms with Crippen LogP contribution in [-0.4, -0.2) is 77.0 Å². The first kappa shape index (κ1) is 16.9. The number of ether oxygens (including phenoxy) is 1. The molecule has 1 N–H and O–H groups in total. The van der Waals surface area contributed by atoms with E-state index in [4.69, 9.17) is 4.74 Å². The Morgan fingerprint density at radius 1 is 1.42 bits per heavy atom. The van der Waals surface area contributed by atoms with Crippen LogP contribution in [0.15, 0.2) is 0 Å². The van der Waals surface area contributed by atoms with E-state index >= 15 is 0 Å². The number of carbonyl (C=O) groups is 2. The molecule has 0 radical (unpaired) electrons. The molecular weight excluding hydrogens is 312 g/mol. The van der Waals surface area contributed by atoms with Crippen molar-refractivity contribution in [2.45, 2.75) is 25.9 Å². The van der Waals surface area contributed by atoms with E-state index in [1.165, 1.54) is 0 Å². The SMILES string of the molecule is CN(C)CCn1nc(C(=O)O)c2c1CCN(C(=O)[C@@H]1CCOC1)C2. The highest BCUT2D eigenvalue weighted by Gasteiger charge is 2.33. The molecule has 3 heterocycles. The zero-order valence-corrected chi connectivity index (χ0v) is 14.2. The van der Waals surface area contributed by atoms with E-state index in [2.05, 4.69) is 5.10 Å². The number of rotatable bonds is 5. The molecule has 1 atom stereocenters. The normalized spacial score (nSPS) is 20.5. The van der Waals surface area contributed by atoms with Crippen LogP contribution >= 0.6 is 0 Å². The Morgan fingerprint density at radius 2 is 2.21 bits per heavy atom. The van der Waals surface area contributed by atoms with Crippen LogP contribution in [0.4, 0.5) is 0 Å². The minimum atomic E-state index is -1.03. The van der Waals surface area contributed by atoms with Gasteiger partial charge in [-0.25, -0.2) is 4.79 Å². The average Bonchev–Trinajstić information content (AvgIpc) is 3.19. The van der Waals surface area contributed by atoms with Crippen molar-refractivity contribution in [2.24, 2.45) is 5.92 Å². The van der Waals surface area contributed by atoms with Crippen LogP contribution in [0.5, 0.6) is 0 Å². The molecule has 0 aromatic carbocycles. The summed E-state index contributed by atoms with van der Waals surface area (Å²) in [6.45, 7) is 3.46. The zero-order valence-electron chi connectivity index (χ0n) is 14.2. The molecule has 132 valence electrons. The third kappa shape index (κ3) is 3.29. The fraction of sp³-hybridized carbons (Fsp3) is 0.688. The van der Waals surface area contributed by atoms with Crippen LogP contribution in [0.1, 0.15) is 28.2 Å². The highest BCUT2D eigenvalue weighted by Crippen LogP contribution is 2.25. The second-order valence-corrected chi connectivity index (χ2v) is 6.68. The van der Waals surface area contributed by atoms with Crippen molar-refractivity contribution in [3.63, 3.8) is 0 Å². The van der Waals surface area contributed by atoms with Gasteiger partial charge in [-0.05, 0) is 20.5 Å². The smallest absolute Gasteiger partial charge is 0.356 e. The molecule has 8 nitrogen and oxygen atoms in total. The van der Waals surface area contributed by atoms with Gasteiger partial charge in [-0.3, -0.25) is 9.48 Å². The van der Waals surface area contributed by atoms with E-state index in [0.29, 0.717) is 44.8 Å². The van der Waals surface area contributed by atoms with Crippen molar-refractivity contribution >= 4 is 11.9 Å². The standard InChI is InChI=1S/C16H24N4O4/c1-18(2)6-7-20-13-3-5-19(15(21)11-4-8-24-10-11)9-12(13)14(17-20)16(22)23/h11H,3-10H2,1-2H3,(H,22,23)/t11-/m1/s1. The first-order chi connectivity index (χ1) is 11.5. The number of carboxylic acid groups (broad SMARTS) is 1. The number of amides is 1. The number of hydrogen-bond donors (Lipinski definition) is 1. The lowest BCUT2D eigenvalue weighted by atomic mass is 10.0. The van der Waals surface area contributed by atoms with Gasteiger partial charge >= 0.3 is 5.97 Å². The fourth-order valence-corrected chi connectivity index (χ4v) is 3.32. The summed E-state index contributed by atoms with van der Waals surface area (Å²) in [5.41, 5.74) is 1.70. The second kappa shape index (κ2) is 6.90. The molecule has 0 spiro atoms. The number of likely N-dealkylation sites (N-methyl/N-ethyl adjacent to an activating group) is 1. The predicted octanol–water partition coefficient (Wildman–Crippen LogP) is 0.0641. The third-order valence-electron chi connectivity index (χ3n) is 4.69. The van der Waals surface area contributed by atoms with Gasteiger partial charge in [0.25, 0.3) is 0 Å². The first-order valence-electron chi connectivity index (χ1n) is 8.30. The largest absolute Gasteiger partial charge is 0.476 e. The highest BCUT2D eigenvalue weighted by molar-refractivity contribution is 5.88. The maximum Gasteiger partial charge on any atom is 0.356 e. The van der Waals surface area contributed by atoms with E-state index in [1.807, 2.05) is 19.0 Å². The van der Waals surface area contributed by atoms with E-state index < -0.39 is 5.97 Å². The van der Waals surface area contributed by atoms with Crippen LogP contribution in [0.2, 0.25) is 0 Å². The van der Waals surface area contributed by atoms with Gasteiger partial charge in [0.15, 0.2) is 5.69 Å². The first-order valence-corrected chi connectivity index (χ1v) is 8.30. The molecular formula is C16H24N4O4. The van der Waals surface area contributed by atoms with Crippen LogP contribution < -0.4 is 0 Å². The molecule has 2 aliphatic heterocycles. The summed E-state index contributed by atoms with van der Waals surface area (Å²) in [7, 11) is 3.94. The van der Waals surface area contributed by atoms with Gasteiger partial charge < -0.3 is 19.6 Å². The Balaban J connectivity index is 1.81. The molecule has 1 saturated heterocycles. The van der Waals surface area contributed by atoms with Gasteiger partial charge in [-0.2, -0.15) is 5.10 Å². The number of hydrogen-bond acceptors (Lipinski definition) is 5. The number of aromatic nitrogens is 2. The van der Waals surface area contributed by atoms with Gasteiger partial charge in [0, 0.05) is 43.9 Å². The van der Waals surface area contributed by atoms with Crippen molar-refractivity contribution < 1.29 is 19.4 Å². The lowest BCUT2D eigenvalue weighted by Gasteiger charge is -2.29. The van der Waals surface area contributed by atoms with Crippen molar-refractivity contribution in [1.29, 1.82) is 0 Å². The maximum atomic E-state index is 12.6. The Bertz CT molecular complexity index is 634. The number of aromatic carboxylic acids is 1. The molecule has 0 unspecified atom stereocenters. The number of fused-ring (bicyclic) bond motifs is 1. The van der Waals surface area contributed by atoms with E-state index in [0.717, 1.165) is 18.7 Å². The van der Waals surface area contributed by atoms with E-state index in [9.17, 15) is 14.7 Å². The summed E-state index contributed by atoms with van der Waals surface area (Å²) in [4.78, 5) is 27.9. The molecule has 2 aliphatic rings. The topological polar surface area (TPSA) is 87.9 Å². The van der Waals surface area contributed by atoms with Crippen molar-refractivity contribution in [1.82, 2.24) is 19.6 Å². The van der Waals surface area contributed by atoms with Gasteiger partial charge in [0.2, 0.25) is 5.91 Å². The zero-order chi connectivity index (χ0) is 17.3. The van der Waals surface area contributed by atoms with Crippen molar-refractivity contribution in [3.05, 3.63) is 17.0 Å². The third-order valence-corrected chi connectivity index (χ3v) is 4.69.